The average molecular weight is 227 g/mol. The molecule has 0 bridgehead atoms. The lowest BCUT2D eigenvalue weighted by Crippen LogP contribution is -2.41. The Bertz CT molecular complexity index is 280. The largest absolute Gasteiger partial charge is 0.513 e. The number of hydrogen-bond donors (Lipinski definition) is 2. The first-order valence-electron chi connectivity index (χ1n) is 5.67. The van der Waals surface area contributed by atoms with Gasteiger partial charge in [-0.15, -0.1) is 0 Å². The Hall–Kier alpha value is -1.19. The minimum absolute atomic E-state index is 0.0347. The summed E-state index contributed by atoms with van der Waals surface area (Å²) in [5.41, 5.74) is -0.492. The van der Waals surface area contributed by atoms with Crippen molar-refractivity contribution in [3.05, 3.63) is 12.3 Å². The van der Waals surface area contributed by atoms with Crippen LogP contribution in [-0.2, 0) is 4.74 Å². The van der Waals surface area contributed by atoms with Crippen molar-refractivity contribution in [3.8, 4) is 0 Å². The summed E-state index contributed by atoms with van der Waals surface area (Å²) in [7, 11) is 0. The predicted molar refractivity (Wildman–Crippen MR) is 62.3 cm³/mol. The van der Waals surface area contributed by atoms with Crippen molar-refractivity contribution in [1.29, 1.82) is 0 Å². The first-order valence-corrected chi connectivity index (χ1v) is 5.67. The molecule has 2 atom stereocenters. The topological polar surface area (TPSA) is 58.6 Å². The fraction of sp³-hybridized carbons (Fsp3) is 0.750. The molecule has 1 amide bonds. The molecule has 2 N–H and O–H groups in total. The van der Waals surface area contributed by atoms with Gasteiger partial charge in [-0.25, -0.2) is 4.79 Å². The number of ether oxygens (including phenoxy) is 1. The van der Waals surface area contributed by atoms with Crippen LogP contribution in [0.25, 0.3) is 0 Å². The number of amides is 1. The molecule has 2 unspecified atom stereocenters. The SMILES string of the molecule is C=C(O)C1CCCC1NC(=O)OC(C)(C)C. The maximum Gasteiger partial charge on any atom is 0.407 e. The number of aliphatic hydroxyl groups excluding tert-OH is 1. The van der Waals surface area contributed by atoms with Crippen LogP contribution >= 0.6 is 0 Å². The molecule has 4 heteroatoms. The second-order valence-electron chi connectivity index (χ2n) is 5.28. The van der Waals surface area contributed by atoms with Crippen LogP contribution in [0.2, 0.25) is 0 Å². The van der Waals surface area contributed by atoms with Crippen LogP contribution < -0.4 is 5.32 Å². The van der Waals surface area contributed by atoms with Crippen molar-refractivity contribution < 1.29 is 14.6 Å². The molecule has 0 radical (unpaired) electrons. The Morgan fingerprint density at radius 1 is 1.44 bits per heavy atom. The highest BCUT2D eigenvalue weighted by Gasteiger charge is 2.31. The number of alkyl carbamates (subject to hydrolysis) is 1. The van der Waals surface area contributed by atoms with E-state index >= 15 is 0 Å². The summed E-state index contributed by atoms with van der Waals surface area (Å²) in [4.78, 5) is 11.5. The highest BCUT2D eigenvalue weighted by molar-refractivity contribution is 5.68. The van der Waals surface area contributed by atoms with Gasteiger partial charge in [0.2, 0.25) is 0 Å². The van der Waals surface area contributed by atoms with Crippen LogP contribution in [0, 0.1) is 5.92 Å². The normalized spacial score (nSPS) is 25.2. The van der Waals surface area contributed by atoms with Gasteiger partial charge in [-0.05, 0) is 33.6 Å². The molecule has 1 fully saturated rings. The van der Waals surface area contributed by atoms with Crippen molar-refractivity contribution in [2.24, 2.45) is 5.92 Å². The fourth-order valence-corrected chi connectivity index (χ4v) is 1.99. The molecular formula is C12H21NO3. The molecule has 0 aliphatic heterocycles. The molecular weight excluding hydrogens is 206 g/mol. The van der Waals surface area contributed by atoms with Gasteiger partial charge in [-0.1, -0.05) is 13.0 Å². The van der Waals surface area contributed by atoms with Crippen molar-refractivity contribution in [2.45, 2.75) is 51.7 Å². The third-order valence-corrected chi connectivity index (χ3v) is 2.65. The van der Waals surface area contributed by atoms with E-state index < -0.39 is 11.7 Å². The van der Waals surface area contributed by atoms with Gasteiger partial charge < -0.3 is 15.2 Å². The highest BCUT2D eigenvalue weighted by atomic mass is 16.6. The van der Waals surface area contributed by atoms with Gasteiger partial charge in [0, 0.05) is 12.0 Å². The Balaban J connectivity index is 2.47. The van der Waals surface area contributed by atoms with Gasteiger partial charge in [-0.2, -0.15) is 0 Å². The molecule has 1 rings (SSSR count). The predicted octanol–water partition coefficient (Wildman–Crippen LogP) is 2.75. The number of nitrogens with one attached hydrogen (secondary N) is 1. The average Bonchev–Trinajstić information content (AvgIpc) is 2.47. The van der Waals surface area contributed by atoms with Crippen LogP contribution in [0.3, 0.4) is 0 Å². The summed E-state index contributed by atoms with van der Waals surface area (Å²) in [5, 5.41) is 12.2. The number of carbonyl (C=O) groups excluding carboxylic acids is 1. The van der Waals surface area contributed by atoms with E-state index in [1.165, 1.54) is 0 Å². The summed E-state index contributed by atoms with van der Waals surface area (Å²) in [6.07, 6.45) is 2.30. The standard InChI is InChI=1S/C12H21NO3/c1-8(14)9-6-5-7-10(9)13-11(15)16-12(2,3)4/h9-10,14H,1,5-7H2,2-4H3,(H,13,15). The van der Waals surface area contributed by atoms with Gasteiger partial charge in [0.25, 0.3) is 0 Å². The van der Waals surface area contributed by atoms with E-state index in [2.05, 4.69) is 11.9 Å². The molecule has 0 aromatic rings. The van der Waals surface area contributed by atoms with Gasteiger partial charge in [0.15, 0.2) is 0 Å². The van der Waals surface area contributed by atoms with Crippen LogP contribution in [0.4, 0.5) is 4.79 Å². The monoisotopic (exact) mass is 227 g/mol. The summed E-state index contributed by atoms with van der Waals surface area (Å²) in [6, 6.07) is -0.0488. The molecule has 1 aliphatic carbocycles. The second-order valence-corrected chi connectivity index (χ2v) is 5.28. The van der Waals surface area contributed by atoms with E-state index in [0.717, 1.165) is 19.3 Å². The van der Waals surface area contributed by atoms with Crippen molar-refractivity contribution in [1.82, 2.24) is 5.32 Å². The lowest BCUT2D eigenvalue weighted by atomic mass is 10.0. The zero-order chi connectivity index (χ0) is 12.3. The van der Waals surface area contributed by atoms with E-state index in [4.69, 9.17) is 4.74 Å². The maximum atomic E-state index is 11.5. The molecule has 0 heterocycles. The van der Waals surface area contributed by atoms with E-state index in [9.17, 15) is 9.90 Å². The molecule has 0 aromatic heterocycles. The molecule has 16 heavy (non-hydrogen) atoms. The Kier molecular flexibility index (Phi) is 3.83. The highest BCUT2D eigenvalue weighted by Crippen LogP contribution is 2.29. The summed E-state index contributed by atoms with van der Waals surface area (Å²) < 4.78 is 5.17. The number of aliphatic hydroxyl groups is 1. The van der Waals surface area contributed by atoms with E-state index in [1.54, 1.807) is 0 Å². The molecule has 0 aromatic carbocycles. The van der Waals surface area contributed by atoms with E-state index in [0.29, 0.717) is 0 Å². The summed E-state index contributed by atoms with van der Waals surface area (Å²) >= 11 is 0. The first-order chi connectivity index (χ1) is 7.29. The zero-order valence-corrected chi connectivity index (χ0v) is 10.2. The number of carbonyl (C=O) groups is 1. The van der Waals surface area contributed by atoms with Gasteiger partial charge in [-0.3, -0.25) is 0 Å². The smallest absolute Gasteiger partial charge is 0.407 e. The first kappa shape index (κ1) is 12.9. The second kappa shape index (κ2) is 4.76. The number of rotatable bonds is 2. The fourth-order valence-electron chi connectivity index (χ4n) is 1.99. The van der Waals surface area contributed by atoms with Gasteiger partial charge >= 0.3 is 6.09 Å². The lowest BCUT2D eigenvalue weighted by Gasteiger charge is -2.24. The quantitative estimate of drug-likeness (QED) is 0.713. The van der Waals surface area contributed by atoms with Crippen LogP contribution in [0.5, 0.6) is 0 Å². The molecule has 0 saturated heterocycles. The van der Waals surface area contributed by atoms with Gasteiger partial charge in [0.05, 0.1) is 5.76 Å². The summed E-state index contributed by atoms with van der Waals surface area (Å²) in [5.74, 6) is 0.117. The van der Waals surface area contributed by atoms with Crippen molar-refractivity contribution >= 4 is 6.09 Å². The molecule has 92 valence electrons. The van der Waals surface area contributed by atoms with Gasteiger partial charge in [0.1, 0.15) is 5.60 Å². The maximum absolute atomic E-state index is 11.5. The molecule has 4 nitrogen and oxygen atoms in total. The Labute approximate surface area is 96.7 Å². The van der Waals surface area contributed by atoms with E-state index in [1.807, 2.05) is 20.8 Å². The Morgan fingerprint density at radius 3 is 2.56 bits per heavy atom. The zero-order valence-electron chi connectivity index (χ0n) is 10.2. The minimum atomic E-state index is -0.492. The lowest BCUT2D eigenvalue weighted by molar-refractivity contribution is 0.0493. The number of hydrogen-bond acceptors (Lipinski definition) is 3. The van der Waals surface area contributed by atoms with Crippen LogP contribution in [-0.4, -0.2) is 22.8 Å². The molecule has 0 spiro atoms. The van der Waals surface area contributed by atoms with Crippen LogP contribution in [0.15, 0.2) is 12.3 Å². The minimum Gasteiger partial charge on any atom is -0.513 e. The Morgan fingerprint density at radius 2 is 2.06 bits per heavy atom. The third-order valence-electron chi connectivity index (χ3n) is 2.65. The molecule has 1 saturated carbocycles. The van der Waals surface area contributed by atoms with Crippen LogP contribution in [0.1, 0.15) is 40.0 Å². The van der Waals surface area contributed by atoms with Crippen molar-refractivity contribution in [2.75, 3.05) is 0 Å². The summed E-state index contributed by atoms with van der Waals surface area (Å²) in [6.45, 7) is 9.00. The van der Waals surface area contributed by atoms with Crippen molar-refractivity contribution in [3.63, 3.8) is 0 Å². The third kappa shape index (κ3) is 3.76. The van der Waals surface area contributed by atoms with E-state index in [-0.39, 0.29) is 17.7 Å². The molecule has 1 aliphatic rings.